The van der Waals surface area contributed by atoms with Crippen LogP contribution >= 0.6 is 0 Å². The molecule has 0 radical (unpaired) electrons. The van der Waals surface area contributed by atoms with Crippen LogP contribution in [-0.2, 0) is 0 Å². The van der Waals surface area contributed by atoms with E-state index < -0.39 is 0 Å². The summed E-state index contributed by atoms with van der Waals surface area (Å²) in [4.78, 5) is 8.68. The summed E-state index contributed by atoms with van der Waals surface area (Å²) >= 11 is 0. The average Bonchev–Trinajstić information content (AvgIpc) is 2.34. The summed E-state index contributed by atoms with van der Waals surface area (Å²) in [6.45, 7) is 8.07. The molecule has 1 heterocycles. The predicted molar refractivity (Wildman–Crippen MR) is 74.9 cm³/mol. The zero-order chi connectivity index (χ0) is 13.4. The Balaban J connectivity index is 2.56. The van der Waals surface area contributed by atoms with E-state index in [1.165, 1.54) is 0 Å². The van der Waals surface area contributed by atoms with E-state index in [2.05, 4.69) is 34.4 Å². The molecule has 1 rings (SSSR count). The Morgan fingerprint density at radius 2 is 1.94 bits per heavy atom. The first kappa shape index (κ1) is 14.7. The average molecular weight is 252 g/mol. The van der Waals surface area contributed by atoms with Crippen LogP contribution in [0.1, 0.15) is 32.5 Å². The van der Waals surface area contributed by atoms with E-state index in [4.69, 9.17) is 5.11 Å². The third-order valence-corrected chi connectivity index (χ3v) is 2.65. The molecule has 0 amide bonds. The van der Waals surface area contributed by atoms with E-state index in [9.17, 15) is 0 Å². The van der Waals surface area contributed by atoms with Gasteiger partial charge < -0.3 is 15.7 Å². The van der Waals surface area contributed by atoms with Crippen molar-refractivity contribution in [2.75, 3.05) is 30.3 Å². The summed E-state index contributed by atoms with van der Waals surface area (Å²) in [5.74, 6) is 2.89. The van der Waals surface area contributed by atoms with Crippen molar-refractivity contribution in [1.82, 2.24) is 9.97 Å². The van der Waals surface area contributed by atoms with Crippen LogP contribution in [0.25, 0.3) is 0 Å². The van der Waals surface area contributed by atoms with Crippen LogP contribution in [0, 0.1) is 12.8 Å². The third kappa shape index (κ3) is 5.31. The zero-order valence-electron chi connectivity index (χ0n) is 11.5. The lowest BCUT2D eigenvalue weighted by atomic mass is 10.1. The number of aliphatic hydroxyl groups excluding tert-OH is 1. The van der Waals surface area contributed by atoms with Gasteiger partial charge in [0.2, 0.25) is 0 Å². The van der Waals surface area contributed by atoms with Crippen molar-refractivity contribution in [3.63, 3.8) is 0 Å². The first-order valence-electron chi connectivity index (χ1n) is 6.60. The van der Waals surface area contributed by atoms with Gasteiger partial charge in [-0.05, 0) is 25.7 Å². The fraction of sp³-hybridized carbons (Fsp3) is 0.692. The topological polar surface area (TPSA) is 70.1 Å². The molecule has 18 heavy (non-hydrogen) atoms. The van der Waals surface area contributed by atoms with E-state index >= 15 is 0 Å². The molecule has 5 heteroatoms. The fourth-order valence-corrected chi connectivity index (χ4v) is 1.60. The largest absolute Gasteiger partial charge is 0.396 e. The molecule has 0 bridgehead atoms. The molecule has 0 spiro atoms. The minimum absolute atomic E-state index is 0.231. The van der Waals surface area contributed by atoms with Gasteiger partial charge in [-0.25, -0.2) is 9.97 Å². The van der Waals surface area contributed by atoms with Crippen LogP contribution in [0.15, 0.2) is 6.07 Å². The standard InChI is InChI=1S/C13H24N4O/c1-4-6-14-12-8-13(17-11(3)16-12)15-9-10(2)5-7-18/h8,10,18H,4-7,9H2,1-3H3,(H2,14,15,16,17). The van der Waals surface area contributed by atoms with Gasteiger partial charge in [-0.15, -0.1) is 0 Å². The van der Waals surface area contributed by atoms with E-state index in [1.54, 1.807) is 0 Å². The first-order chi connectivity index (χ1) is 8.65. The number of aryl methyl sites for hydroxylation is 1. The minimum Gasteiger partial charge on any atom is -0.396 e. The van der Waals surface area contributed by atoms with Crippen LogP contribution in [-0.4, -0.2) is 34.8 Å². The molecular formula is C13H24N4O. The van der Waals surface area contributed by atoms with Crippen LogP contribution in [0.4, 0.5) is 11.6 Å². The number of nitrogens with zero attached hydrogens (tertiary/aromatic N) is 2. The number of hydrogen-bond donors (Lipinski definition) is 3. The van der Waals surface area contributed by atoms with E-state index in [0.29, 0.717) is 5.92 Å². The highest BCUT2D eigenvalue weighted by Gasteiger charge is 2.04. The molecule has 1 aromatic rings. The number of aromatic nitrogens is 2. The second kappa shape index (κ2) is 7.87. The molecule has 1 aromatic heterocycles. The molecule has 0 aliphatic heterocycles. The highest BCUT2D eigenvalue weighted by molar-refractivity contribution is 5.47. The number of aliphatic hydroxyl groups is 1. The molecule has 0 aliphatic rings. The van der Waals surface area contributed by atoms with Crippen molar-refractivity contribution in [3.05, 3.63) is 11.9 Å². The molecule has 1 atom stereocenters. The maximum Gasteiger partial charge on any atom is 0.131 e. The van der Waals surface area contributed by atoms with E-state index in [1.807, 2.05) is 13.0 Å². The van der Waals surface area contributed by atoms with Gasteiger partial charge in [-0.1, -0.05) is 13.8 Å². The Morgan fingerprint density at radius 3 is 2.56 bits per heavy atom. The van der Waals surface area contributed by atoms with Crippen molar-refractivity contribution in [1.29, 1.82) is 0 Å². The molecule has 5 nitrogen and oxygen atoms in total. The molecule has 0 saturated heterocycles. The van der Waals surface area contributed by atoms with Crippen molar-refractivity contribution in [2.45, 2.75) is 33.6 Å². The highest BCUT2D eigenvalue weighted by atomic mass is 16.3. The first-order valence-corrected chi connectivity index (χ1v) is 6.60. The van der Waals surface area contributed by atoms with Gasteiger partial charge in [0.05, 0.1) is 0 Å². The lowest BCUT2D eigenvalue weighted by Crippen LogP contribution is -2.14. The maximum atomic E-state index is 8.86. The fourth-order valence-electron chi connectivity index (χ4n) is 1.60. The number of rotatable bonds is 8. The highest BCUT2D eigenvalue weighted by Crippen LogP contribution is 2.12. The van der Waals surface area contributed by atoms with Gasteiger partial charge in [0.25, 0.3) is 0 Å². The quantitative estimate of drug-likeness (QED) is 0.660. The van der Waals surface area contributed by atoms with Crippen molar-refractivity contribution < 1.29 is 5.11 Å². The number of anilines is 2. The van der Waals surface area contributed by atoms with Crippen molar-refractivity contribution in [2.24, 2.45) is 5.92 Å². The monoisotopic (exact) mass is 252 g/mol. The summed E-state index contributed by atoms with van der Waals surface area (Å²) in [6.07, 6.45) is 1.87. The SMILES string of the molecule is CCCNc1cc(NCC(C)CCO)nc(C)n1. The minimum atomic E-state index is 0.231. The van der Waals surface area contributed by atoms with Crippen LogP contribution in [0.3, 0.4) is 0 Å². The van der Waals surface area contributed by atoms with Crippen molar-refractivity contribution in [3.8, 4) is 0 Å². The summed E-state index contributed by atoms with van der Waals surface area (Å²) in [5.41, 5.74) is 0. The van der Waals surface area contributed by atoms with Gasteiger partial charge in [-0.2, -0.15) is 0 Å². The second-order valence-electron chi connectivity index (χ2n) is 4.61. The lowest BCUT2D eigenvalue weighted by molar-refractivity contribution is 0.266. The zero-order valence-corrected chi connectivity index (χ0v) is 11.5. The summed E-state index contributed by atoms with van der Waals surface area (Å²) < 4.78 is 0. The molecule has 1 unspecified atom stereocenters. The van der Waals surface area contributed by atoms with Gasteiger partial charge in [0.1, 0.15) is 17.5 Å². The Kier molecular flexibility index (Phi) is 6.43. The Bertz CT molecular complexity index is 357. The molecule has 0 aromatic carbocycles. The van der Waals surface area contributed by atoms with Crippen LogP contribution < -0.4 is 10.6 Å². The summed E-state index contributed by atoms with van der Waals surface area (Å²) in [6, 6.07) is 1.92. The van der Waals surface area contributed by atoms with E-state index in [0.717, 1.165) is 43.4 Å². The normalized spacial score (nSPS) is 12.2. The van der Waals surface area contributed by atoms with Gasteiger partial charge >= 0.3 is 0 Å². The molecular weight excluding hydrogens is 228 g/mol. The summed E-state index contributed by atoms with van der Waals surface area (Å²) in [5, 5.41) is 15.4. The molecule has 3 N–H and O–H groups in total. The van der Waals surface area contributed by atoms with Gasteiger partial charge in [0, 0.05) is 25.8 Å². The molecule has 102 valence electrons. The van der Waals surface area contributed by atoms with Crippen LogP contribution in [0.2, 0.25) is 0 Å². The smallest absolute Gasteiger partial charge is 0.131 e. The second-order valence-corrected chi connectivity index (χ2v) is 4.61. The Labute approximate surface area is 109 Å². The predicted octanol–water partition coefficient (Wildman–Crippen LogP) is 2.04. The molecule has 0 saturated carbocycles. The Hall–Kier alpha value is -1.36. The number of hydrogen-bond acceptors (Lipinski definition) is 5. The van der Waals surface area contributed by atoms with E-state index in [-0.39, 0.29) is 6.61 Å². The van der Waals surface area contributed by atoms with Gasteiger partial charge in [0.15, 0.2) is 0 Å². The number of nitrogens with one attached hydrogen (secondary N) is 2. The maximum absolute atomic E-state index is 8.86. The Morgan fingerprint density at radius 1 is 1.28 bits per heavy atom. The van der Waals surface area contributed by atoms with Crippen molar-refractivity contribution >= 4 is 11.6 Å². The van der Waals surface area contributed by atoms with Gasteiger partial charge in [-0.3, -0.25) is 0 Å². The molecule has 0 fully saturated rings. The summed E-state index contributed by atoms with van der Waals surface area (Å²) in [7, 11) is 0. The van der Waals surface area contributed by atoms with Crippen LogP contribution in [0.5, 0.6) is 0 Å². The molecule has 0 aliphatic carbocycles. The lowest BCUT2D eigenvalue weighted by Gasteiger charge is -2.13. The third-order valence-electron chi connectivity index (χ3n) is 2.65.